The van der Waals surface area contributed by atoms with E-state index in [1.165, 1.54) is 11.8 Å². The van der Waals surface area contributed by atoms with E-state index < -0.39 is 0 Å². The van der Waals surface area contributed by atoms with Gasteiger partial charge in [0.1, 0.15) is 5.75 Å². The molecule has 3 aromatic carbocycles. The third kappa shape index (κ3) is 5.65. The standard InChI is InChI=1S/C23H18ClN3O3S/c24-17-11-13-20(14-12-17)29-15-21-25-26-23(30-21)31-16-22(28)27(18-7-3-1-4-8-18)19-9-5-2-6-10-19/h1-14H,15-16H2. The summed E-state index contributed by atoms with van der Waals surface area (Å²) in [5.74, 6) is 1.02. The Morgan fingerprint density at radius 3 is 2.13 bits per heavy atom. The highest BCUT2D eigenvalue weighted by Gasteiger charge is 2.19. The van der Waals surface area contributed by atoms with Gasteiger partial charge in [0.05, 0.1) is 5.75 Å². The summed E-state index contributed by atoms with van der Waals surface area (Å²) in [6, 6.07) is 26.0. The second-order valence-electron chi connectivity index (χ2n) is 6.39. The van der Waals surface area contributed by atoms with Crippen LogP contribution in [0.3, 0.4) is 0 Å². The number of carbonyl (C=O) groups is 1. The van der Waals surface area contributed by atoms with E-state index in [9.17, 15) is 4.79 Å². The Morgan fingerprint density at radius 2 is 1.52 bits per heavy atom. The number of ether oxygens (including phenoxy) is 1. The molecule has 1 aromatic heterocycles. The predicted molar refractivity (Wildman–Crippen MR) is 121 cm³/mol. The molecule has 0 aliphatic carbocycles. The van der Waals surface area contributed by atoms with Crippen LogP contribution in [-0.2, 0) is 11.4 Å². The van der Waals surface area contributed by atoms with Gasteiger partial charge in [-0.3, -0.25) is 9.69 Å². The third-order valence-electron chi connectivity index (χ3n) is 4.22. The number of halogens is 1. The number of para-hydroxylation sites is 2. The molecule has 0 aliphatic heterocycles. The molecule has 0 N–H and O–H groups in total. The lowest BCUT2D eigenvalue weighted by Crippen LogP contribution is -2.27. The zero-order valence-electron chi connectivity index (χ0n) is 16.3. The first-order chi connectivity index (χ1) is 15.2. The average Bonchev–Trinajstić information content (AvgIpc) is 3.27. The van der Waals surface area contributed by atoms with Crippen molar-refractivity contribution in [3.8, 4) is 5.75 Å². The van der Waals surface area contributed by atoms with Crippen LogP contribution < -0.4 is 9.64 Å². The summed E-state index contributed by atoms with van der Waals surface area (Å²) in [6.07, 6.45) is 0. The van der Waals surface area contributed by atoms with Crippen LogP contribution in [0.2, 0.25) is 5.02 Å². The molecular formula is C23H18ClN3O3S. The molecule has 4 aromatic rings. The maximum Gasteiger partial charge on any atom is 0.277 e. The Hall–Kier alpha value is -3.29. The Bertz CT molecular complexity index is 1080. The number of hydrogen-bond acceptors (Lipinski definition) is 6. The second-order valence-corrected chi connectivity index (χ2v) is 7.76. The van der Waals surface area contributed by atoms with Crippen LogP contribution in [0.1, 0.15) is 5.89 Å². The van der Waals surface area contributed by atoms with Crippen molar-refractivity contribution in [2.24, 2.45) is 0 Å². The fourth-order valence-electron chi connectivity index (χ4n) is 2.81. The van der Waals surface area contributed by atoms with Crippen LogP contribution in [-0.4, -0.2) is 21.9 Å². The number of nitrogens with zero attached hydrogens (tertiary/aromatic N) is 3. The van der Waals surface area contributed by atoms with E-state index in [2.05, 4.69) is 10.2 Å². The first-order valence-electron chi connectivity index (χ1n) is 9.45. The zero-order valence-corrected chi connectivity index (χ0v) is 17.9. The van der Waals surface area contributed by atoms with E-state index in [1.54, 1.807) is 29.2 Å². The summed E-state index contributed by atoms with van der Waals surface area (Å²) < 4.78 is 11.2. The third-order valence-corrected chi connectivity index (χ3v) is 5.28. The van der Waals surface area contributed by atoms with Crippen LogP contribution >= 0.6 is 23.4 Å². The van der Waals surface area contributed by atoms with Gasteiger partial charge in [-0.25, -0.2) is 0 Å². The Morgan fingerprint density at radius 1 is 0.903 bits per heavy atom. The molecule has 0 fully saturated rings. The highest BCUT2D eigenvalue weighted by molar-refractivity contribution is 7.99. The van der Waals surface area contributed by atoms with Crippen molar-refractivity contribution in [1.29, 1.82) is 0 Å². The number of benzene rings is 3. The predicted octanol–water partition coefficient (Wildman–Crippen LogP) is 5.76. The molecule has 31 heavy (non-hydrogen) atoms. The van der Waals surface area contributed by atoms with Crippen molar-refractivity contribution in [3.05, 3.63) is 95.8 Å². The SMILES string of the molecule is O=C(CSc1nnc(COc2ccc(Cl)cc2)o1)N(c1ccccc1)c1ccccc1. The molecule has 6 nitrogen and oxygen atoms in total. The number of anilines is 2. The molecule has 0 spiro atoms. The van der Waals surface area contributed by atoms with Crippen LogP contribution in [0.5, 0.6) is 5.75 Å². The van der Waals surface area contributed by atoms with Crippen LogP contribution in [0.4, 0.5) is 11.4 Å². The lowest BCUT2D eigenvalue weighted by atomic mass is 10.2. The zero-order chi connectivity index (χ0) is 21.5. The van der Waals surface area contributed by atoms with Gasteiger partial charge in [-0.1, -0.05) is 59.8 Å². The Labute approximate surface area is 188 Å². The normalized spacial score (nSPS) is 10.6. The minimum absolute atomic E-state index is 0.0976. The summed E-state index contributed by atoms with van der Waals surface area (Å²) in [4.78, 5) is 14.7. The summed E-state index contributed by atoms with van der Waals surface area (Å²) >= 11 is 7.05. The second kappa shape index (κ2) is 10.1. The average molecular weight is 452 g/mol. The van der Waals surface area contributed by atoms with Crippen LogP contribution in [0, 0.1) is 0 Å². The molecule has 0 unspecified atom stereocenters. The number of carbonyl (C=O) groups excluding carboxylic acids is 1. The van der Waals surface area contributed by atoms with Gasteiger partial charge in [-0.05, 0) is 48.5 Å². The fourth-order valence-corrected chi connectivity index (χ4v) is 3.57. The summed E-state index contributed by atoms with van der Waals surface area (Å²) in [6.45, 7) is 0.128. The number of hydrogen-bond donors (Lipinski definition) is 0. The molecule has 0 saturated carbocycles. The molecule has 1 amide bonds. The lowest BCUT2D eigenvalue weighted by Gasteiger charge is -2.22. The summed E-state index contributed by atoms with van der Waals surface area (Å²) in [5.41, 5.74) is 1.59. The van der Waals surface area contributed by atoms with Crippen LogP contribution in [0.15, 0.2) is 94.6 Å². The molecule has 1 heterocycles. The summed E-state index contributed by atoms with van der Waals surface area (Å²) in [7, 11) is 0. The maximum absolute atomic E-state index is 13.0. The van der Waals surface area contributed by atoms with E-state index in [0.717, 1.165) is 11.4 Å². The molecule has 0 saturated heterocycles. The van der Waals surface area contributed by atoms with E-state index >= 15 is 0 Å². The number of thioether (sulfide) groups is 1. The smallest absolute Gasteiger partial charge is 0.277 e. The van der Waals surface area contributed by atoms with Gasteiger partial charge in [-0.2, -0.15) is 0 Å². The van der Waals surface area contributed by atoms with Gasteiger partial charge in [0.2, 0.25) is 5.91 Å². The number of aromatic nitrogens is 2. The largest absolute Gasteiger partial charge is 0.484 e. The van der Waals surface area contributed by atoms with E-state index in [4.69, 9.17) is 20.8 Å². The van der Waals surface area contributed by atoms with Crippen molar-refractivity contribution in [3.63, 3.8) is 0 Å². The van der Waals surface area contributed by atoms with Gasteiger partial charge in [-0.15, -0.1) is 10.2 Å². The molecule has 8 heteroatoms. The molecular weight excluding hydrogens is 434 g/mol. The van der Waals surface area contributed by atoms with Gasteiger partial charge in [0.25, 0.3) is 11.1 Å². The van der Waals surface area contributed by atoms with Crippen molar-refractivity contribution < 1.29 is 13.9 Å². The van der Waals surface area contributed by atoms with Crippen molar-refractivity contribution in [1.82, 2.24) is 10.2 Å². The van der Waals surface area contributed by atoms with Crippen molar-refractivity contribution in [2.45, 2.75) is 11.8 Å². The van der Waals surface area contributed by atoms with Gasteiger partial charge < -0.3 is 9.15 Å². The van der Waals surface area contributed by atoms with E-state index in [0.29, 0.717) is 21.9 Å². The molecule has 0 aliphatic rings. The first-order valence-corrected chi connectivity index (χ1v) is 10.8. The molecule has 0 bridgehead atoms. The molecule has 0 radical (unpaired) electrons. The summed E-state index contributed by atoms with van der Waals surface area (Å²) in [5, 5.41) is 8.91. The fraction of sp³-hybridized carbons (Fsp3) is 0.0870. The highest BCUT2D eigenvalue weighted by atomic mass is 35.5. The first kappa shape index (κ1) is 21.0. The number of amides is 1. The van der Waals surface area contributed by atoms with Crippen molar-refractivity contribution in [2.75, 3.05) is 10.7 Å². The van der Waals surface area contributed by atoms with E-state index in [-0.39, 0.29) is 18.3 Å². The Kier molecular flexibility index (Phi) is 6.86. The minimum Gasteiger partial charge on any atom is -0.484 e. The topological polar surface area (TPSA) is 68.5 Å². The maximum atomic E-state index is 13.0. The molecule has 0 atom stereocenters. The van der Waals surface area contributed by atoms with E-state index in [1.807, 2.05) is 60.7 Å². The molecule has 4 rings (SSSR count). The quantitative estimate of drug-likeness (QED) is 0.317. The monoisotopic (exact) mass is 451 g/mol. The Balaban J connectivity index is 1.38. The molecule has 156 valence electrons. The van der Waals surface area contributed by atoms with Crippen molar-refractivity contribution >= 4 is 40.6 Å². The van der Waals surface area contributed by atoms with Gasteiger partial charge in [0.15, 0.2) is 6.61 Å². The van der Waals surface area contributed by atoms with Crippen LogP contribution in [0.25, 0.3) is 0 Å². The van der Waals surface area contributed by atoms with Gasteiger partial charge in [0, 0.05) is 16.4 Å². The highest BCUT2D eigenvalue weighted by Crippen LogP contribution is 2.27. The minimum atomic E-state index is -0.0976. The number of rotatable bonds is 8. The van der Waals surface area contributed by atoms with Gasteiger partial charge >= 0.3 is 0 Å². The lowest BCUT2D eigenvalue weighted by molar-refractivity contribution is -0.115.